The minimum absolute atomic E-state index is 0.103. The third-order valence-electron chi connectivity index (χ3n) is 4.80. The van der Waals surface area contributed by atoms with Crippen LogP contribution in [0.4, 0.5) is 4.39 Å². The number of methoxy groups -OCH3 is 1. The van der Waals surface area contributed by atoms with Crippen LogP contribution in [0.2, 0.25) is 0 Å². The molecule has 1 unspecified atom stereocenters. The highest BCUT2D eigenvalue weighted by atomic mass is 19.1. The van der Waals surface area contributed by atoms with Crippen molar-refractivity contribution >= 4 is 5.78 Å². The summed E-state index contributed by atoms with van der Waals surface area (Å²) in [6.07, 6.45) is 5.30. The molecule has 0 spiro atoms. The molecule has 0 radical (unpaired) electrons. The first-order valence-corrected chi connectivity index (χ1v) is 9.04. The Bertz CT molecular complexity index is 712. The standard InChI is InChI=1S/C20H25FN2O3/c1-25-19-8-7-15(12-16(19)21)18(24)14-22-13-17(20-6-5-11-26-20)23-9-3-2-4-10-23/h5-8,11-12,17,22H,2-4,9-10,13-14H2,1H3. The Morgan fingerprint density at radius 2 is 2.12 bits per heavy atom. The average molecular weight is 360 g/mol. The number of halogens is 1. The Balaban J connectivity index is 1.59. The van der Waals surface area contributed by atoms with Gasteiger partial charge in [0, 0.05) is 12.1 Å². The SMILES string of the molecule is COc1ccc(C(=O)CNCC(c2ccco2)N2CCCCC2)cc1F. The van der Waals surface area contributed by atoms with Crippen LogP contribution in [-0.4, -0.2) is 44.0 Å². The molecule has 1 aromatic heterocycles. The molecule has 0 bridgehead atoms. The number of furan rings is 1. The molecule has 0 saturated carbocycles. The minimum atomic E-state index is -0.528. The first kappa shape index (κ1) is 18.6. The van der Waals surface area contributed by atoms with Gasteiger partial charge in [-0.25, -0.2) is 4.39 Å². The number of hydrogen-bond acceptors (Lipinski definition) is 5. The highest BCUT2D eigenvalue weighted by Crippen LogP contribution is 2.24. The van der Waals surface area contributed by atoms with Crippen molar-refractivity contribution in [3.05, 3.63) is 53.7 Å². The third-order valence-corrected chi connectivity index (χ3v) is 4.80. The Kier molecular flexibility index (Phi) is 6.41. The summed E-state index contributed by atoms with van der Waals surface area (Å²) in [5, 5.41) is 3.21. The quantitative estimate of drug-likeness (QED) is 0.731. The van der Waals surface area contributed by atoms with E-state index in [1.807, 2.05) is 12.1 Å². The number of piperidine rings is 1. The van der Waals surface area contributed by atoms with Gasteiger partial charge in [-0.1, -0.05) is 6.42 Å². The highest BCUT2D eigenvalue weighted by molar-refractivity contribution is 5.97. The molecule has 2 heterocycles. The number of rotatable bonds is 8. The zero-order valence-corrected chi connectivity index (χ0v) is 15.0. The summed E-state index contributed by atoms with van der Waals surface area (Å²) in [5.74, 6) is 0.364. The minimum Gasteiger partial charge on any atom is -0.494 e. The molecule has 3 rings (SSSR count). The van der Waals surface area contributed by atoms with Crippen LogP contribution >= 0.6 is 0 Å². The maximum atomic E-state index is 13.8. The van der Waals surface area contributed by atoms with E-state index in [4.69, 9.17) is 9.15 Å². The van der Waals surface area contributed by atoms with E-state index in [0.717, 1.165) is 18.8 Å². The molecule has 2 aromatic rings. The van der Waals surface area contributed by atoms with Gasteiger partial charge in [0.05, 0.1) is 26.0 Å². The summed E-state index contributed by atoms with van der Waals surface area (Å²) >= 11 is 0. The molecule has 5 nitrogen and oxygen atoms in total. The summed E-state index contributed by atoms with van der Waals surface area (Å²) < 4.78 is 24.3. The predicted octanol–water partition coefficient (Wildman–Crippen LogP) is 3.43. The zero-order chi connectivity index (χ0) is 18.4. The van der Waals surface area contributed by atoms with Crippen molar-refractivity contribution in [1.29, 1.82) is 0 Å². The van der Waals surface area contributed by atoms with Crippen LogP contribution in [0.15, 0.2) is 41.0 Å². The molecule has 1 atom stereocenters. The van der Waals surface area contributed by atoms with E-state index in [-0.39, 0.29) is 24.1 Å². The number of carbonyl (C=O) groups excluding carboxylic acids is 1. The predicted molar refractivity (Wildman–Crippen MR) is 97.0 cm³/mol. The van der Waals surface area contributed by atoms with Crippen LogP contribution in [-0.2, 0) is 0 Å². The normalized spacial score (nSPS) is 16.4. The highest BCUT2D eigenvalue weighted by Gasteiger charge is 2.24. The molecule has 6 heteroatoms. The fourth-order valence-corrected chi connectivity index (χ4v) is 3.38. The van der Waals surface area contributed by atoms with Crippen molar-refractivity contribution in [2.75, 3.05) is 33.3 Å². The number of ketones is 1. The van der Waals surface area contributed by atoms with Gasteiger partial charge in [0.15, 0.2) is 17.3 Å². The topological polar surface area (TPSA) is 54.7 Å². The van der Waals surface area contributed by atoms with Crippen LogP contribution in [0.3, 0.4) is 0 Å². The van der Waals surface area contributed by atoms with Crippen molar-refractivity contribution in [1.82, 2.24) is 10.2 Å². The lowest BCUT2D eigenvalue weighted by Crippen LogP contribution is -2.40. The van der Waals surface area contributed by atoms with E-state index in [1.165, 1.54) is 38.5 Å². The molecule has 0 amide bonds. The van der Waals surface area contributed by atoms with Gasteiger partial charge in [-0.15, -0.1) is 0 Å². The largest absolute Gasteiger partial charge is 0.494 e. The number of carbonyl (C=O) groups is 1. The van der Waals surface area contributed by atoms with Crippen LogP contribution in [0.25, 0.3) is 0 Å². The molecule has 1 fully saturated rings. The number of nitrogens with zero attached hydrogens (tertiary/aromatic N) is 1. The Morgan fingerprint density at radius 3 is 2.77 bits per heavy atom. The monoisotopic (exact) mass is 360 g/mol. The second-order valence-corrected chi connectivity index (χ2v) is 6.53. The van der Waals surface area contributed by atoms with Crippen LogP contribution in [0, 0.1) is 5.82 Å². The van der Waals surface area contributed by atoms with Crippen LogP contribution < -0.4 is 10.1 Å². The Hall–Kier alpha value is -2.18. The summed E-state index contributed by atoms with van der Waals surface area (Å²) in [7, 11) is 1.40. The van der Waals surface area contributed by atoms with Crippen LogP contribution in [0.5, 0.6) is 5.75 Å². The number of Topliss-reactive ketones (excluding diaryl/α,β-unsaturated/α-hetero) is 1. The molecule has 1 aliphatic heterocycles. The molecule has 26 heavy (non-hydrogen) atoms. The average Bonchev–Trinajstić information content (AvgIpc) is 3.20. The zero-order valence-electron chi connectivity index (χ0n) is 15.0. The molecule has 1 aromatic carbocycles. The van der Waals surface area contributed by atoms with Crippen molar-refractivity contribution < 1.29 is 18.3 Å². The van der Waals surface area contributed by atoms with E-state index < -0.39 is 5.82 Å². The van der Waals surface area contributed by atoms with Crippen molar-refractivity contribution in [2.45, 2.75) is 25.3 Å². The number of hydrogen-bond donors (Lipinski definition) is 1. The fourth-order valence-electron chi connectivity index (χ4n) is 3.38. The molecular formula is C20H25FN2O3. The maximum absolute atomic E-state index is 13.8. The van der Waals surface area contributed by atoms with Gasteiger partial charge < -0.3 is 14.5 Å². The van der Waals surface area contributed by atoms with Gasteiger partial charge in [0.25, 0.3) is 0 Å². The summed E-state index contributed by atoms with van der Waals surface area (Å²) in [6, 6.07) is 8.24. The van der Waals surface area contributed by atoms with Gasteiger partial charge in [-0.2, -0.15) is 0 Å². The summed E-state index contributed by atoms with van der Waals surface area (Å²) in [5.41, 5.74) is 0.336. The Morgan fingerprint density at radius 1 is 1.31 bits per heavy atom. The Labute approximate surface area is 153 Å². The second-order valence-electron chi connectivity index (χ2n) is 6.53. The summed E-state index contributed by atoms with van der Waals surface area (Å²) in [4.78, 5) is 14.7. The number of likely N-dealkylation sites (tertiary alicyclic amines) is 1. The van der Waals surface area contributed by atoms with Gasteiger partial charge in [0.1, 0.15) is 5.76 Å². The van der Waals surface area contributed by atoms with E-state index in [2.05, 4.69) is 10.2 Å². The van der Waals surface area contributed by atoms with E-state index in [9.17, 15) is 9.18 Å². The fraction of sp³-hybridized carbons (Fsp3) is 0.450. The molecule has 0 aliphatic carbocycles. The lowest BCUT2D eigenvalue weighted by atomic mass is 10.1. The van der Waals surface area contributed by atoms with Gasteiger partial charge in [-0.3, -0.25) is 9.69 Å². The number of nitrogens with one attached hydrogen (secondary N) is 1. The first-order valence-electron chi connectivity index (χ1n) is 9.04. The van der Waals surface area contributed by atoms with Crippen molar-refractivity contribution in [2.24, 2.45) is 0 Å². The summed E-state index contributed by atoms with van der Waals surface area (Å²) in [6.45, 7) is 2.82. The van der Waals surface area contributed by atoms with Crippen LogP contribution in [0.1, 0.15) is 41.4 Å². The lowest BCUT2D eigenvalue weighted by molar-refractivity contribution is 0.0979. The molecular weight excluding hydrogens is 335 g/mol. The van der Waals surface area contributed by atoms with Gasteiger partial charge >= 0.3 is 0 Å². The smallest absolute Gasteiger partial charge is 0.176 e. The van der Waals surface area contributed by atoms with E-state index in [0.29, 0.717) is 12.1 Å². The lowest BCUT2D eigenvalue weighted by Gasteiger charge is -2.33. The molecule has 140 valence electrons. The van der Waals surface area contributed by atoms with E-state index in [1.54, 1.807) is 12.3 Å². The van der Waals surface area contributed by atoms with Gasteiger partial charge in [-0.05, 0) is 56.3 Å². The van der Waals surface area contributed by atoms with E-state index >= 15 is 0 Å². The first-order chi connectivity index (χ1) is 12.7. The number of ether oxygens (including phenoxy) is 1. The van der Waals surface area contributed by atoms with Crippen molar-refractivity contribution in [3.8, 4) is 5.75 Å². The molecule has 1 aliphatic rings. The number of benzene rings is 1. The molecule has 1 N–H and O–H groups in total. The van der Waals surface area contributed by atoms with Gasteiger partial charge in [0.2, 0.25) is 0 Å². The van der Waals surface area contributed by atoms with Crippen molar-refractivity contribution in [3.63, 3.8) is 0 Å². The third kappa shape index (κ3) is 4.51. The maximum Gasteiger partial charge on any atom is 0.176 e. The second kappa shape index (κ2) is 8.96. The molecule has 1 saturated heterocycles.